The summed E-state index contributed by atoms with van der Waals surface area (Å²) in [7, 11) is 0. The van der Waals surface area contributed by atoms with Gasteiger partial charge in [-0.3, -0.25) is 9.78 Å². The highest BCUT2D eigenvalue weighted by Gasteiger charge is 2.23. The predicted molar refractivity (Wildman–Crippen MR) is 71.7 cm³/mol. The number of rotatable bonds is 0. The highest BCUT2D eigenvalue weighted by molar-refractivity contribution is 6.05. The summed E-state index contributed by atoms with van der Waals surface area (Å²) in [6, 6.07) is 12.7. The molecule has 4 nitrogen and oxygen atoms in total. The molecular weight excluding hydrogens is 242 g/mol. The Hall–Kier alpha value is -2.75. The number of H-pyrrole nitrogens is 1. The van der Waals surface area contributed by atoms with Crippen LogP contribution in [0.3, 0.4) is 0 Å². The second kappa shape index (κ2) is 3.38. The fourth-order valence-electron chi connectivity index (χ4n) is 2.56. The number of nitrogens with one attached hydrogen (secondary N) is 1. The van der Waals surface area contributed by atoms with E-state index in [9.17, 15) is 9.90 Å². The SMILES string of the molecule is O=c1[nH]c(O)c2cccc3c2c1-c1ccccc1O3. The molecule has 2 aromatic carbocycles. The summed E-state index contributed by atoms with van der Waals surface area (Å²) >= 11 is 0. The van der Waals surface area contributed by atoms with Gasteiger partial charge in [0.2, 0.25) is 0 Å². The third-order valence-electron chi connectivity index (χ3n) is 3.37. The Morgan fingerprint density at radius 1 is 1.00 bits per heavy atom. The van der Waals surface area contributed by atoms with Gasteiger partial charge in [0.25, 0.3) is 5.56 Å². The van der Waals surface area contributed by atoms with Crippen LogP contribution in [0.2, 0.25) is 0 Å². The Kier molecular flexibility index (Phi) is 1.82. The fourth-order valence-corrected chi connectivity index (χ4v) is 2.56. The number of ether oxygens (including phenoxy) is 1. The number of pyridine rings is 1. The van der Waals surface area contributed by atoms with Gasteiger partial charge >= 0.3 is 0 Å². The Balaban J connectivity index is 2.30. The molecule has 0 amide bonds. The summed E-state index contributed by atoms with van der Waals surface area (Å²) in [5.41, 5.74) is 0.978. The zero-order valence-electron chi connectivity index (χ0n) is 9.81. The Labute approximate surface area is 107 Å². The van der Waals surface area contributed by atoms with Crippen LogP contribution in [0.5, 0.6) is 17.4 Å². The van der Waals surface area contributed by atoms with E-state index in [0.29, 0.717) is 27.8 Å². The fraction of sp³-hybridized carbons (Fsp3) is 0. The standard InChI is InChI=1S/C15H9NO3/c17-14-9-5-3-7-11-12(9)13(15(18)16-14)8-4-1-2-6-10(8)19-11/h1-7H,(H2,16,17,18). The predicted octanol–water partition coefficient (Wildman–Crippen LogP) is 3.01. The minimum atomic E-state index is -0.312. The average Bonchev–Trinajstić information content (AvgIpc) is 2.42. The maximum absolute atomic E-state index is 12.2. The van der Waals surface area contributed by atoms with Crippen LogP contribution in [0, 0.1) is 0 Å². The molecule has 2 N–H and O–H groups in total. The highest BCUT2D eigenvalue weighted by atomic mass is 16.5. The summed E-state index contributed by atoms with van der Waals surface area (Å²) in [5, 5.41) is 11.1. The van der Waals surface area contributed by atoms with E-state index < -0.39 is 0 Å². The molecule has 1 aliphatic heterocycles. The second-order valence-corrected chi connectivity index (χ2v) is 4.45. The largest absolute Gasteiger partial charge is 0.494 e. The van der Waals surface area contributed by atoms with Gasteiger partial charge in [-0.15, -0.1) is 0 Å². The third-order valence-corrected chi connectivity index (χ3v) is 3.37. The van der Waals surface area contributed by atoms with Crippen molar-refractivity contribution in [1.29, 1.82) is 0 Å². The quantitative estimate of drug-likeness (QED) is 0.505. The average molecular weight is 251 g/mol. The lowest BCUT2D eigenvalue weighted by Gasteiger charge is -2.20. The molecule has 2 heterocycles. The van der Waals surface area contributed by atoms with Crippen LogP contribution in [0.4, 0.5) is 0 Å². The summed E-state index contributed by atoms with van der Waals surface area (Å²) < 4.78 is 5.80. The van der Waals surface area contributed by atoms with Gasteiger partial charge in [-0.2, -0.15) is 0 Å². The summed E-state index contributed by atoms with van der Waals surface area (Å²) in [5.74, 6) is 1.11. The number of aromatic hydroxyl groups is 1. The van der Waals surface area contributed by atoms with E-state index in [-0.39, 0.29) is 11.4 Å². The number of hydrogen-bond acceptors (Lipinski definition) is 3. The first kappa shape index (κ1) is 10.2. The molecule has 19 heavy (non-hydrogen) atoms. The molecule has 0 saturated carbocycles. The normalized spacial score (nSPS) is 12.0. The van der Waals surface area contributed by atoms with Crippen LogP contribution >= 0.6 is 0 Å². The molecule has 0 aliphatic carbocycles. The number of aromatic amines is 1. The van der Waals surface area contributed by atoms with Gasteiger partial charge in [-0.25, -0.2) is 0 Å². The van der Waals surface area contributed by atoms with Gasteiger partial charge in [0, 0.05) is 16.3 Å². The molecule has 92 valence electrons. The van der Waals surface area contributed by atoms with Crippen molar-refractivity contribution in [1.82, 2.24) is 4.98 Å². The first-order chi connectivity index (χ1) is 9.25. The lowest BCUT2D eigenvalue weighted by atomic mass is 9.97. The van der Waals surface area contributed by atoms with Gasteiger partial charge in [-0.1, -0.05) is 24.3 Å². The Morgan fingerprint density at radius 3 is 2.68 bits per heavy atom. The van der Waals surface area contributed by atoms with Crippen LogP contribution in [0.25, 0.3) is 21.9 Å². The van der Waals surface area contributed by atoms with Gasteiger partial charge in [0.1, 0.15) is 11.5 Å². The van der Waals surface area contributed by atoms with Crippen molar-refractivity contribution in [3.05, 3.63) is 52.8 Å². The maximum Gasteiger partial charge on any atom is 0.259 e. The Bertz CT molecular complexity index is 880. The molecule has 0 radical (unpaired) electrons. The van der Waals surface area contributed by atoms with Crippen molar-refractivity contribution < 1.29 is 9.84 Å². The van der Waals surface area contributed by atoms with Crippen molar-refractivity contribution in [2.24, 2.45) is 0 Å². The minimum Gasteiger partial charge on any atom is -0.494 e. The summed E-state index contributed by atoms with van der Waals surface area (Å²) in [4.78, 5) is 14.6. The van der Waals surface area contributed by atoms with Crippen molar-refractivity contribution in [2.75, 3.05) is 0 Å². The lowest BCUT2D eigenvalue weighted by Crippen LogP contribution is -2.12. The Morgan fingerprint density at radius 2 is 1.79 bits per heavy atom. The number of aromatic nitrogens is 1. The van der Waals surface area contributed by atoms with Gasteiger partial charge in [-0.05, 0) is 18.2 Å². The number of hydrogen-bond donors (Lipinski definition) is 2. The van der Waals surface area contributed by atoms with Crippen molar-refractivity contribution >= 4 is 10.8 Å². The topological polar surface area (TPSA) is 62.3 Å². The highest BCUT2D eigenvalue weighted by Crippen LogP contribution is 2.45. The molecule has 0 unspecified atom stereocenters. The van der Waals surface area contributed by atoms with E-state index in [1.165, 1.54) is 0 Å². The zero-order valence-corrected chi connectivity index (χ0v) is 9.81. The molecular formula is C15H9NO3. The van der Waals surface area contributed by atoms with E-state index in [4.69, 9.17) is 4.74 Å². The van der Waals surface area contributed by atoms with Crippen LogP contribution < -0.4 is 10.3 Å². The van der Waals surface area contributed by atoms with Gasteiger partial charge < -0.3 is 9.84 Å². The number of fused-ring (bicyclic) bond motifs is 2. The van der Waals surface area contributed by atoms with E-state index in [1.54, 1.807) is 18.2 Å². The number of benzene rings is 2. The first-order valence-electron chi connectivity index (χ1n) is 5.91. The summed E-state index contributed by atoms with van der Waals surface area (Å²) in [6.07, 6.45) is 0. The third kappa shape index (κ3) is 1.25. The zero-order chi connectivity index (χ0) is 13.0. The molecule has 0 spiro atoms. The van der Waals surface area contributed by atoms with Crippen LogP contribution in [0.1, 0.15) is 0 Å². The maximum atomic E-state index is 12.2. The van der Waals surface area contributed by atoms with Gasteiger partial charge in [0.15, 0.2) is 5.88 Å². The molecule has 4 heteroatoms. The van der Waals surface area contributed by atoms with E-state index in [0.717, 1.165) is 5.56 Å². The van der Waals surface area contributed by atoms with Crippen molar-refractivity contribution in [3.63, 3.8) is 0 Å². The molecule has 0 fully saturated rings. The molecule has 0 atom stereocenters. The molecule has 0 saturated heterocycles. The molecule has 1 aromatic heterocycles. The van der Waals surface area contributed by atoms with Crippen LogP contribution in [-0.2, 0) is 0 Å². The van der Waals surface area contributed by atoms with Crippen molar-refractivity contribution in [3.8, 4) is 28.5 Å². The van der Waals surface area contributed by atoms with E-state index >= 15 is 0 Å². The van der Waals surface area contributed by atoms with Crippen LogP contribution in [-0.4, -0.2) is 10.1 Å². The van der Waals surface area contributed by atoms with Gasteiger partial charge in [0.05, 0.1) is 5.56 Å². The summed E-state index contributed by atoms with van der Waals surface area (Å²) in [6.45, 7) is 0. The number of para-hydroxylation sites is 1. The smallest absolute Gasteiger partial charge is 0.259 e. The molecule has 0 bridgehead atoms. The van der Waals surface area contributed by atoms with Crippen molar-refractivity contribution in [2.45, 2.75) is 0 Å². The minimum absolute atomic E-state index is 0.131. The molecule has 1 aliphatic rings. The monoisotopic (exact) mass is 251 g/mol. The lowest BCUT2D eigenvalue weighted by molar-refractivity contribution is 0.457. The molecule has 3 aromatic rings. The van der Waals surface area contributed by atoms with Crippen LogP contribution in [0.15, 0.2) is 47.3 Å². The van der Waals surface area contributed by atoms with E-state index in [1.807, 2.05) is 24.3 Å². The first-order valence-corrected chi connectivity index (χ1v) is 5.91. The van der Waals surface area contributed by atoms with E-state index in [2.05, 4.69) is 4.98 Å². The molecule has 4 rings (SSSR count). The second-order valence-electron chi connectivity index (χ2n) is 4.45.